The van der Waals surface area contributed by atoms with Crippen LogP contribution in [0.4, 0.5) is 10.8 Å². The van der Waals surface area contributed by atoms with Crippen molar-refractivity contribution in [2.45, 2.75) is 38.6 Å². The number of carbonyl (C=O) groups excluding carboxylic acids is 1. The second kappa shape index (κ2) is 6.26. The molecular weight excluding hydrogens is 282 g/mol. The molecule has 1 heterocycles. The van der Waals surface area contributed by atoms with E-state index in [-0.39, 0.29) is 5.91 Å². The van der Waals surface area contributed by atoms with Gasteiger partial charge in [-0.1, -0.05) is 42.4 Å². The fourth-order valence-corrected chi connectivity index (χ4v) is 3.52. The van der Waals surface area contributed by atoms with Crippen molar-refractivity contribution in [3.8, 4) is 0 Å². The molecule has 0 saturated heterocycles. The van der Waals surface area contributed by atoms with Gasteiger partial charge in [0, 0.05) is 11.7 Å². The lowest BCUT2D eigenvalue weighted by molar-refractivity contribution is 0.0941. The van der Waals surface area contributed by atoms with Gasteiger partial charge in [-0.15, -0.1) is 0 Å². The SMILES string of the molecule is Cc1nc(Nc2ccccc2)sc1C(=O)NC1CCCC1. The van der Waals surface area contributed by atoms with Crippen molar-refractivity contribution in [2.75, 3.05) is 5.32 Å². The van der Waals surface area contributed by atoms with Crippen molar-refractivity contribution in [1.29, 1.82) is 0 Å². The molecular formula is C16H19N3OS. The monoisotopic (exact) mass is 301 g/mol. The van der Waals surface area contributed by atoms with Crippen molar-refractivity contribution >= 4 is 28.1 Å². The Kier molecular flexibility index (Phi) is 4.20. The first-order valence-electron chi connectivity index (χ1n) is 7.33. The molecule has 1 fully saturated rings. The topological polar surface area (TPSA) is 54.0 Å². The predicted octanol–water partition coefficient (Wildman–Crippen LogP) is 3.87. The average molecular weight is 301 g/mol. The predicted molar refractivity (Wildman–Crippen MR) is 86.3 cm³/mol. The van der Waals surface area contributed by atoms with E-state index in [0.717, 1.165) is 29.4 Å². The van der Waals surface area contributed by atoms with Crippen molar-refractivity contribution in [2.24, 2.45) is 0 Å². The van der Waals surface area contributed by atoms with Crippen LogP contribution in [0.5, 0.6) is 0 Å². The second-order valence-corrected chi connectivity index (χ2v) is 6.38. The van der Waals surface area contributed by atoms with Crippen LogP contribution in [-0.4, -0.2) is 16.9 Å². The standard InChI is InChI=1S/C16H19N3OS/c1-11-14(15(20)18-12-9-5-6-10-12)21-16(17-11)19-13-7-3-2-4-8-13/h2-4,7-8,12H,5-6,9-10H2,1H3,(H,17,19)(H,18,20). The lowest BCUT2D eigenvalue weighted by atomic mass is 10.2. The van der Waals surface area contributed by atoms with E-state index in [1.165, 1.54) is 24.2 Å². The molecule has 1 aromatic carbocycles. The number of benzene rings is 1. The summed E-state index contributed by atoms with van der Waals surface area (Å²) in [4.78, 5) is 17.5. The molecule has 1 aromatic heterocycles. The summed E-state index contributed by atoms with van der Waals surface area (Å²) in [5.41, 5.74) is 1.77. The van der Waals surface area contributed by atoms with Crippen LogP contribution in [0.3, 0.4) is 0 Å². The normalized spacial score (nSPS) is 15.1. The van der Waals surface area contributed by atoms with Gasteiger partial charge in [-0.05, 0) is 31.9 Å². The van der Waals surface area contributed by atoms with Gasteiger partial charge < -0.3 is 10.6 Å². The van der Waals surface area contributed by atoms with E-state index in [4.69, 9.17) is 0 Å². The number of rotatable bonds is 4. The molecule has 1 amide bonds. The van der Waals surface area contributed by atoms with E-state index < -0.39 is 0 Å². The lowest BCUT2D eigenvalue weighted by Gasteiger charge is -2.10. The number of nitrogens with one attached hydrogen (secondary N) is 2. The lowest BCUT2D eigenvalue weighted by Crippen LogP contribution is -2.32. The highest BCUT2D eigenvalue weighted by Crippen LogP contribution is 2.26. The van der Waals surface area contributed by atoms with Gasteiger partial charge in [-0.2, -0.15) is 0 Å². The molecule has 4 nitrogen and oxygen atoms in total. The summed E-state index contributed by atoms with van der Waals surface area (Å²) < 4.78 is 0. The zero-order chi connectivity index (χ0) is 14.7. The largest absolute Gasteiger partial charge is 0.349 e. The third-order valence-electron chi connectivity index (χ3n) is 3.72. The fourth-order valence-electron chi connectivity index (χ4n) is 2.63. The molecule has 21 heavy (non-hydrogen) atoms. The number of carbonyl (C=O) groups is 1. The van der Waals surface area contributed by atoms with E-state index >= 15 is 0 Å². The second-order valence-electron chi connectivity index (χ2n) is 5.38. The Hall–Kier alpha value is -1.88. The Morgan fingerprint density at radius 2 is 1.95 bits per heavy atom. The van der Waals surface area contributed by atoms with Gasteiger partial charge in [0.1, 0.15) is 4.88 Å². The van der Waals surface area contributed by atoms with Crippen molar-refractivity contribution in [3.05, 3.63) is 40.9 Å². The number of anilines is 2. The van der Waals surface area contributed by atoms with Crippen molar-refractivity contribution in [3.63, 3.8) is 0 Å². The molecule has 0 bridgehead atoms. The molecule has 2 N–H and O–H groups in total. The summed E-state index contributed by atoms with van der Waals surface area (Å²) in [6.07, 6.45) is 4.62. The Balaban J connectivity index is 1.70. The Morgan fingerprint density at radius 3 is 2.67 bits per heavy atom. The van der Waals surface area contributed by atoms with Gasteiger partial charge in [0.05, 0.1) is 5.69 Å². The molecule has 5 heteroatoms. The van der Waals surface area contributed by atoms with Crippen LogP contribution in [-0.2, 0) is 0 Å². The smallest absolute Gasteiger partial charge is 0.263 e. The maximum Gasteiger partial charge on any atom is 0.263 e. The number of para-hydroxylation sites is 1. The van der Waals surface area contributed by atoms with Crippen LogP contribution in [0.1, 0.15) is 41.0 Å². The number of hydrogen-bond acceptors (Lipinski definition) is 4. The van der Waals surface area contributed by atoms with E-state index in [9.17, 15) is 4.79 Å². The van der Waals surface area contributed by atoms with E-state index in [1.54, 1.807) is 0 Å². The van der Waals surface area contributed by atoms with Gasteiger partial charge in [0.25, 0.3) is 5.91 Å². The Bertz CT molecular complexity index is 618. The molecule has 0 aliphatic heterocycles. The zero-order valence-corrected chi connectivity index (χ0v) is 12.9. The summed E-state index contributed by atoms with van der Waals surface area (Å²) in [5.74, 6) is 0.0120. The maximum atomic E-state index is 12.3. The molecule has 1 saturated carbocycles. The van der Waals surface area contributed by atoms with Crippen LogP contribution in [0.2, 0.25) is 0 Å². The Morgan fingerprint density at radius 1 is 1.24 bits per heavy atom. The Labute approximate surface area is 128 Å². The maximum absolute atomic E-state index is 12.3. The molecule has 2 aromatic rings. The van der Waals surface area contributed by atoms with Crippen LogP contribution in [0, 0.1) is 6.92 Å². The minimum Gasteiger partial charge on any atom is -0.349 e. The molecule has 1 aliphatic carbocycles. The molecule has 0 unspecified atom stereocenters. The molecule has 110 valence electrons. The van der Waals surface area contributed by atoms with Crippen molar-refractivity contribution < 1.29 is 4.79 Å². The van der Waals surface area contributed by atoms with Crippen LogP contribution in [0.15, 0.2) is 30.3 Å². The first-order chi connectivity index (χ1) is 10.2. The molecule has 0 spiro atoms. The van der Waals surface area contributed by atoms with Crippen LogP contribution in [0.25, 0.3) is 0 Å². The summed E-state index contributed by atoms with van der Waals surface area (Å²) in [5, 5.41) is 7.12. The van der Waals surface area contributed by atoms with Crippen LogP contribution < -0.4 is 10.6 Å². The van der Waals surface area contributed by atoms with E-state index in [1.807, 2.05) is 37.3 Å². The molecule has 0 radical (unpaired) electrons. The first kappa shape index (κ1) is 14.1. The highest BCUT2D eigenvalue weighted by Gasteiger charge is 2.21. The zero-order valence-electron chi connectivity index (χ0n) is 12.1. The van der Waals surface area contributed by atoms with Crippen molar-refractivity contribution in [1.82, 2.24) is 10.3 Å². The number of aromatic nitrogens is 1. The van der Waals surface area contributed by atoms with Gasteiger partial charge in [0.15, 0.2) is 5.13 Å². The average Bonchev–Trinajstić information content (AvgIpc) is 3.10. The van der Waals surface area contributed by atoms with Crippen LogP contribution >= 0.6 is 11.3 Å². The summed E-state index contributed by atoms with van der Waals surface area (Å²) in [6, 6.07) is 10.2. The summed E-state index contributed by atoms with van der Waals surface area (Å²) >= 11 is 1.41. The number of hydrogen-bond donors (Lipinski definition) is 2. The highest BCUT2D eigenvalue weighted by atomic mass is 32.1. The van der Waals surface area contributed by atoms with Gasteiger partial charge in [0.2, 0.25) is 0 Å². The minimum atomic E-state index is 0.0120. The minimum absolute atomic E-state index is 0.0120. The fraction of sp³-hybridized carbons (Fsp3) is 0.375. The third-order valence-corrected chi connectivity index (χ3v) is 4.79. The van der Waals surface area contributed by atoms with E-state index in [2.05, 4.69) is 15.6 Å². The third kappa shape index (κ3) is 3.42. The molecule has 1 aliphatic rings. The van der Waals surface area contributed by atoms with Gasteiger partial charge in [-0.25, -0.2) is 4.98 Å². The highest BCUT2D eigenvalue weighted by molar-refractivity contribution is 7.17. The number of amides is 1. The summed E-state index contributed by atoms with van der Waals surface area (Å²) in [6.45, 7) is 1.89. The first-order valence-corrected chi connectivity index (χ1v) is 8.14. The number of nitrogens with zero attached hydrogens (tertiary/aromatic N) is 1. The molecule has 0 atom stereocenters. The van der Waals surface area contributed by atoms with Gasteiger partial charge >= 0.3 is 0 Å². The van der Waals surface area contributed by atoms with Gasteiger partial charge in [-0.3, -0.25) is 4.79 Å². The van der Waals surface area contributed by atoms with E-state index in [0.29, 0.717) is 10.9 Å². The summed E-state index contributed by atoms with van der Waals surface area (Å²) in [7, 11) is 0. The molecule has 3 rings (SSSR count). The number of aryl methyl sites for hydroxylation is 1. The number of thiazole rings is 1. The quantitative estimate of drug-likeness (QED) is 0.901.